The van der Waals surface area contributed by atoms with Crippen molar-refractivity contribution >= 4 is 10.0 Å². The monoisotopic (exact) mass is 299 g/mol. The van der Waals surface area contributed by atoms with Crippen LogP contribution < -0.4 is 10.5 Å². The summed E-state index contributed by atoms with van der Waals surface area (Å²) in [6, 6.07) is 6.61. The summed E-state index contributed by atoms with van der Waals surface area (Å²) >= 11 is 0. The van der Waals surface area contributed by atoms with E-state index < -0.39 is 10.0 Å². The lowest BCUT2D eigenvalue weighted by Crippen LogP contribution is -2.25. The van der Waals surface area contributed by atoms with E-state index in [1.807, 2.05) is 21.0 Å². The highest BCUT2D eigenvalue weighted by Gasteiger charge is 2.13. The van der Waals surface area contributed by atoms with Crippen LogP contribution in [0.25, 0.3) is 0 Å². The van der Waals surface area contributed by atoms with Gasteiger partial charge in [-0.05, 0) is 58.1 Å². The first kappa shape index (κ1) is 17.1. The summed E-state index contributed by atoms with van der Waals surface area (Å²) in [5.41, 5.74) is 6.67. The molecule has 5 nitrogen and oxygen atoms in total. The first-order valence-electron chi connectivity index (χ1n) is 6.83. The van der Waals surface area contributed by atoms with Crippen LogP contribution in [0.1, 0.15) is 31.4 Å². The van der Waals surface area contributed by atoms with Crippen molar-refractivity contribution in [1.82, 2.24) is 9.62 Å². The quantitative estimate of drug-likeness (QED) is 0.710. The first-order chi connectivity index (χ1) is 9.33. The zero-order chi connectivity index (χ0) is 15.2. The molecule has 0 radical (unpaired) electrons. The molecule has 20 heavy (non-hydrogen) atoms. The van der Waals surface area contributed by atoms with E-state index in [0.29, 0.717) is 6.54 Å². The second-order valence-corrected chi connectivity index (χ2v) is 7.03. The molecular formula is C14H25N3O2S. The van der Waals surface area contributed by atoms with Crippen LogP contribution in [0.2, 0.25) is 0 Å². The van der Waals surface area contributed by atoms with Crippen molar-refractivity contribution in [3.05, 3.63) is 29.8 Å². The molecule has 3 N–H and O–H groups in total. The minimum Gasteiger partial charge on any atom is -0.324 e. The molecule has 1 unspecified atom stereocenters. The lowest BCUT2D eigenvalue weighted by molar-refractivity contribution is 0.394. The van der Waals surface area contributed by atoms with Crippen molar-refractivity contribution in [2.75, 3.05) is 27.2 Å². The zero-order valence-corrected chi connectivity index (χ0v) is 13.3. The average molecular weight is 299 g/mol. The molecule has 1 atom stereocenters. The minimum absolute atomic E-state index is 0.0919. The van der Waals surface area contributed by atoms with Gasteiger partial charge in [0.15, 0.2) is 0 Å². The van der Waals surface area contributed by atoms with Gasteiger partial charge in [0, 0.05) is 12.6 Å². The van der Waals surface area contributed by atoms with E-state index >= 15 is 0 Å². The van der Waals surface area contributed by atoms with Gasteiger partial charge in [-0.15, -0.1) is 0 Å². The summed E-state index contributed by atoms with van der Waals surface area (Å²) in [6.07, 6.45) is 1.80. The van der Waals surface area contributed by atoms with Gasteiger partial charge in [-0.25, -0.2) is 13.1 Å². The average Bonchev–Trinajstić information content (AvgIpc) is 2.38. The molecule has 0 saturated heterocycles. The fourth-order valence-electron chi connectivity index (χ4n) is 1.79. The predicted molar refractivity (Wildman–Crippen MR) is 82.0 cm³/mol. The van der Waals surface area contributed by atoms with Crippen LogP contribution in [0.15, 0.2) is 29.2 Å². The number of hydrogen-bond donors (Lipinski definition) is 2. The smallest absolute Gasteiger partial charge is 0.240 e. The number of unbranched alkanes of at least 4 members (excludes halogenated alkanes) is 1. The second kappa shape index (κ2) is 7.73. The van der Waals surface area contributed by atoms with Gasteiger partial charge in [0.25, 0.3) is 0 Å². The van der Waals surface area contributed by atoms with Crippen LogP contribution in [0.4, 0.5) is 0 Å². The van der Waals surface area contributed by atoms with Crippen LogP contribution >= 0.6 is 0 Å². The summed E-state index contributed by atoms with van der Waals surface area (Å²) < 4.78 is 26.7. The van der Waals surface area contributed by atoms with E-state index in [9.17, 15) is 8.42 Å². The first-order valence-corrected chi connectivity index (χ1v) is 8.31. The Bertz CT molecular complexity index is 496. The minimum atomic E-state index is -3.41. The lowest BCUT2D eigenvalue weighted by atomic mass is 10.1. The highest BCUT2D eigenvalue weighted by Crippen LogP contribution is 2.14. The van der Waals surface area contributed by atoms with Gasteiger partial charge < -0.3 is 10.6 Å². The Morgan fingerprint density at radius 1 is 1.20 bits per heavy atom. The molecule has 0 bridgehead atoms. The van der Waals surface area contributed by atoms with Gasteiger partial charge in [-0.1, -0.05) is 12.1 Å². The van der Waals surface area contributed by atoms with E-state index in [1.54, 1.807) is 24.3 Å². The zero-order valence-electron chi connectivity index (χ0n) is 12.5. The molecule has 1 aromatic rings. The van der Waals surface area contributed by atoms with E-state index in [0.717, 1.165) is 24.9 Å². The van der Waals surface area contributed by atoms with Gasteiger partial charge in [-0.3, -0.25) is 0 Å². The number of nitrogens with zero attached hydrogens (tertiary/aromatic N) is 1. The number of nitrogens with two attached hydrogens (primary N) is 1. The Balaban J connectivity index is 2.52. The molecule has 0 saturated carbocycles. The Morgan fingerprint density at radius 2 is 1.80 bits per heavy atom. The Kier molecular flexibility index (Phi) is 6.61. The van der Waals surface area contributed by atoms with Crippen molar-refractivity contribution in [2.24, 2.45) is 5.73 Å². The van der Waals surface area contributed by atoms with Gasteiger partial charge >= 0.3 is 0 Å². The number of benzene rings is 1. The topological polar surface area (TPSA) is 75.4 Å². The van der Waals surface area contributed by atoms with Crippen molar-refractivity contribution in [3.63, 3.8) is 0 Å². The Labute approximate surface area is 122 Å². The normalized spacial score (nSPS) is 13.7. The third-order valence-electron chi connectivity index (χ3n) is 3.04. The molecule has 0 aliphatic rings. The third kappa shape index (κ3) is 5.58. The fourth-order valence-corrected chi connectivity index (χ4v) is 2.87. The maximum absolute atomic E-state index is 12.1. The summed E-state index contributed by atoms with van der Waals surface area (Å²) in [5, 5.41) is 0. The second-order valence-electron chi connectivity index (χ2n) is 5.27. The van der Waals surface area contributed by atoms with Crippen LogP contribution in [-0.4, -0.2) is 40.5 Å². The summed E-state index contributed by atoms with van der Waals surface area (Å²) in [6.45, 7) is 3.29. The van der Waals surface area contributed by atoms with E-state index in [1.165, 1.54) is 0 Å². The maximum Gasteiger partial charge on any atom is 0.240 e. The molecule has 0 spiro atoms. The van der Waals surface area contributed by atoms with E-state index in [4.69, 9.17) is 5.73 Å². The van der Waals surface area contributed by atoms with Gasteiger partial charge in [0.05, 0.1) is 4.90 Å². The molecule has 1 aromatic carbocycles. The molecule has 0 aliphatic heterocycles. The molecule has 0 heterocycles. The van der Waals surface area contributed by atoms with Gasteiger partial charge in [0.2, 0.25) is 10.0 Å². The third-order valence-corrected chi connectivity index (χ3v) is 4.52. The SMILES string of the molecule is CC(N)c1ccc(S(=O)(=O)NCCCCN(C)C)cc1. The predicted octanol–water partition coefficient (Wildman–Crippen LogP) is 1.33. The highest BCUT2D eigenvalue weighted by atomic mass is 32.2. The van der Waals surface area contributed by atoms with Crippen molar-refractivity contribution in [1.29, 1.82) is 0 Å². The number of nitrogens with one attached hydrogen (secondary N) is 1. The Morgan fingerprint density at radius 3 is 2.30 bits per heavy atom. The summed E-state index contributed by atoms with van der Waals surface area (Å²) in [4.78, 5) is 2.37. The molecule has 6 heteroatoms. The number of sulfonamides is 1. The van der Waals surface area contributed by atoms with Crippen LogP contribution in [0.5, 0.6) is 0 Å². The van der Waals surface area contributed by atoms with Crippen molar-refractivity contribution in [3.8, 4) is 0 Å². The van der Waals surface area contributed by atoms with Crippen molar-refractivity contribution in [2.45, 2.75) is 30.7 Å². The standard InChI is InChI=1S/C14H25N3O2S/c1-12(15)13-6-8-14(9-7-13)20(18,19)16-10-4-5-11-17(2)3/h6-9,12,16H,4-5,10-11,15H2,1-3H3. The largest absolute Gasteiger partial charge is 0.324 e. The van der Waals surface area contributed by atoms with Crippen LogP contribution in [0, 0.1) is 0 Å². The lowest BCUT2D eigenvalue weighted by Gasteiger charge is -2.10. The molecular weight excluding hydrogens is 274 g/mol. The number of hydrogen-bond acceptors (Lipinski definition) is 4. The fraction of sp³-hybridized carbons (Fsp3) is 0.571. The number of rotatable bonds is 8. The highest BCUT2D eigenvalue weighted by molar-refractivity contribution is 7.89. The van der Waals surface area contributed by atoms with Crippen LogP contribution in [0.3, 0.4) is 0 Å². The van der Waals surface area contributed by atoms with Gasteiger partial charge in [-0.2, -0.15) is 0 Å². The molecule has 114 valence electrons. The Hall–Kier alpha value is -0.950. The molecule has 0 aromatic heterocycles. The molecule has 0 amide bonds. The maximum atomic E-state index is 12.1. The molecule has 0 fully saturated rings. The summed E-state index contributed by atoms with van der Waals surface area (Å²) in [5.74, 6) is 0. The molecule has 1 rings (SSSR count). The van der Waals surface area contributed by atoms with E-state index in [2.05, 4.69) is 9.62 Å². The van der Waals surface area contributed by atoms with Crippen molar-refractivity contribution < 1.29 is 8.42 Å². The molecule has 0 aliphatic carbocycles. The van der Waals surface area contributed by atoms with Crippen LogP contribution in [-0.2, 0) is 10.0 Å². The van der Waals surface area contributed by atoms with Gasteiger partial charge in [0.1, 0.15) is 0 Å². The van der Waals surface area contributed by atoms with E-state index in [-0.39, 0.29) is 10.9 Å². The summed E-state index contributed by atoms with van der Waals surface area (Å²) in [7, 11) is 0.600.